The van der Waals surface area contributed by atoms with Crippen molar-refractivity contribution in [1.29, 1.82) is 0 Å². The molecule has 17 nitrogen and oxygen atoms in total. The molecule has 0 aromatic heterocycles. The fourth-order valence-corrected chi connectivity index (χ4v) is 9.51. The average Bonchev–Trinajstić information content (AvgIpc) is 3.52. The van der Waals surface area contributed by atoms with Crippen LogP contribution in [0.5, 0.6) is 0 Å². The van der Waals surface area contributed by atoms with Gasteiger partial charge in [0.1, 0.15) is 20.2 Å². The Kier molecular flexibility index (Phi) is 12.7. The van der Waals surface area contributed by atoms with Crippen LogP contribution in [-0.2, 0) is 55.5 Å². The summed E-state index contributed by atoms with van der Waals surface area (Å²) in [6.07, 6.45) is 5.30. The number of allylic oxidation sites excluding steroid dienone is 5. The number of rotatable bonds is 15. The molecule has 0 saturated heterocycles. The van der Waals surface area contributed by atoms with Gasteiger partial charge in [-0.2, -0.15) is 9.57 Å². The van der Waals surface area contributed by atoms with E-state index in [0.717, 1.165) is 18.4 Å². The van der Waals surface area contributed by atoms with E-state index in [4.69, 9.17) is 0 Å². The Balaban J connectivity index is 1.31. The van der Waals surface area contributed by atoms with Gasteiger partial charge >= 0.3 is 0 Å². The molecular formula is C42H41N5O12S4-2. The van der Waals surface area contributed by atoms with Gasteiger partial charge in [0, 0.05) is 64.3 Å². The molecule has 0 radical (unpaired) electrons. The Morgan fingerprint density at radius 1 is 0.841 bits per heavy atom. The van der Waals surface area contributed by atoms with Crippen LogP contribution in [0, 0.1) is 0 Å². The van der Waals surface area contributed by atoms with Crippen molar-refractivity contribution in [2.45, 2.75) is 74.0 Å². The van der Waals surface area contributed by atoms with Crippen LogP contribution in [0.3, 0.4) is 0 Å². The maximum absolute atomic E-state index is 14.0. The van der Waals surface area contributed by atoms with Gasteiger partial charge in [0.2, 0.25) is 28.2 Å². The van der Waals surface area contributed by atoms with Crippen LogP contribution in [0.2, 0.25) is 0 Å². The predicted octanol–water partition coefficient (Wildman–Crippen LogP) is 3.69. The number of sulfonamides is 1. The van der Waals surface area contributed by atoms with Crippen molar-refractivity contribution in [3.8, 4) is 0 Å². The predicted molar refractivity (Wildman–Crippen MR) is 231 cm³/mol. The molecule has 2 aliphatic heterocycles. The highest BCUT2D eigenvalue weighted by Crippen LogP contribution is 2.50. The van der Waals surface area contributed by atoms with Gasteiger partial charge in [-0.15, -0.1) is 0 Å². The van der Waals surface area contributed by atoms with E-state index in [0.29, 0.717) is 54.1 Å². The number of amides is 2. The highest BCUT2D eigenvalue weighted by Gasteiger charge is 2.47. The van der Waals surface area contributed by atoms with Gasteiger partial charge in [-0.25, -0.2) is 30.0 Å². The smallest absolute Gasteiger partial charge is 0.299 e. The number of nitrogens with one attached hydrogen (secondary N) is 2. The van der Waals surface area contributed by atoms with Crippen molar-refractivity contribution in [3.63, 3.8) is 0 Å². The Hall–Kier alpha value is -5.67. The van der Waals surface area contributed by atoms with Gasteiger partial charge in [-0.1, -0.05) is 26.0 Å². The Labute approximate surface area is 370 Å². The molecule has 3 aromatic rings. The minimum atomic E-state index is -4.92. The molecule has 0 unspecified atom stereocenters. The summed E-state index contributed by atoms with van der Waals surface area (Å²) in [5.41, 5.74) is 0.553. The zero-order chi connectivity index (χ0) is 46.4. The summed E-state index contributed by atoms with van der Waals surface area (Å²) in [5.74, 6) is -2.54. The second-order valence-electron chi connectivity index (χ2n) is 16.2. The molecule has 0 spiro atoms. The summed E-state index contributed by atoms with van der Waals surface area (Å²) in [5, 5.41) is 19.1. The van der Waals surface area contributed by atoms with Gasteiger partial charge in [0.25, 0.3) is 5.91 Å². The number of carbonyl (C=O) groups is 3. The quantitative estimate of drug-likeness (QED) is 0.0550. The number of aliphatic imine (C=N–C) groups is 1. The first-order chi connectivity index (χ1) is 29.2. The van der Waals surface area contributed by atoms with E-state index in [1.54, 1.807) is 52.0 Å². The Bertz CT molecular complexity index is 3000. The first kappa shape index (κ1) is 46.8. The summed E-state index contributed by atoms with van der Waals surface area (Å²) in [4.78, 5) is 44.3. The number of hydrogen-bond donors (Lipinski definition) is 2. The number of unbranched alkanes of at least 4 members (excludes halogenated alkanes) is 2. The summed E-state index contributed by atoms with van der Waals surface area (Å²) in [6.45, 7) is 6.44. The third-order valence-electron chi connectivity index (χ3n) is 11.1. The number of ketones is 1. The van der Waals surface area contributed by atoms with Gasteiger partial charge in [0.15, 0.2) is 11.5 Å². The monoisotopic (exact) mass is 935 g/mol. The van der Waals surface area contributed by atoms with E-state index in [1.807, 2.05) is 9.62 Å². The van der Waals surface area contributed by atoms with Crippen molar-refractivity contribution < 1.29 is 58.4 Å². The first-order valence-electron chi connectivity index (χ1n) is 19.3. The minimum Gasteiger partial charge on any atom is -0.871 e. The molecule has 21 heteroatoms. The lowest BCUT2D eigenvalue weighted by Crippen LogP contribution is -2.38. The molecule has 0 saturated carbocycles. The van der Waals surface area contributed by atoms with Crippen molar-refractivity contribution in [3.05, 3.63) is 107 Å². The van der Waals surface area contributed by atoms with Crippen LogP contribution in [-0.4, -0.2) is 86.8 Å². The van der Waals surface area contributed by atoms with E-state index in [1.165, 1.54) is 41.0 Å². The highest BCUT2D eigenvalue weighted by atomic mass is 32.2. The molecule has 2 N–H and O–H groups in total. The molecule has 0 atom stereocenters. The molecule has 0 bridgehead atoms. The molecule has 0 fully saturated rings. The molecule has 1 aliphatic carbocycles. The van der Waals surface area contributed by atoms with Crippen LogP contribution in [0.15, 0.2) is 110 Å². The topological polar surface area (TPSA) is 265 Å². The van der Waals surface area contributed by atoms with Gasteiger partial charge in [0.05, 0.1) is 32.3 Å². The largest absolute Gasteiger partial charge is 0.871 e. The summed E-state index contributed by atoms with van der Waals surface area (Å²) in [6, 6.07) is 14.2. The number of thiocarbonyl (C=S) groups is 1. The van der Waals surface area contributed by atoms with Crippen molar-refractivity contribution in [2.24, 2.45) is 4.99 Å². The highest BCUT2D eigenvalue weighted by molar-refractivity contribution is 7.89. The number of Topliss-reactive ketones (excluding diaryl/α,β-unsaturated/α-hetero) is 1. The summed E-state index contributed by atoms with van der Waals surface area (Å²) >= 11 is 4.61. The lowest BCUT2D eigenvalue weighted by molar-refractivity contribution is -0.425. The SMILES string of the molecule is CC1(C)C(/C=C2\C(=O)C(/C=C3/N(CCCCCC(=O)Nc4ccc(N=C=S)cc4)c4ccc(S(=O)(=O)[O-])cc4C3(C)C)=C2[O-])=[N+](CC(=O)NS(C)(=O)=O)c2ccc(S(=O)(=O)[O-])cc21. The van der Waals surface area contributed by atoms with E-state index in [2.05, 4.69) is 27.7 Å². The second kappa shape index (κ2) is 17.1. The fourth-order valence-electron chi connectivity index (χ4n) is 7.93. The van der Waals surface area contributed by atoms with Crippen molar-refractivity contribution in [1.82, 2.24) is 4.72 Å². The van der Waals surface area contributed by atoms with Gasteiger partial charge < -0.3 is 24.4 Å². The number of anilines is 2. The van der Waals surface area contributed by atoms with Crippen LogP contribution in [0.25, 0.3) is 0 Å². The standard InChI is InChI=1S/C42H43N5O12S4/c1-41(2)31-19-27(62(54,55)56)14-16-33(31)46(18-8-6-7-9-37(48)44-26-12-10-25(11-13-26)43-24-60)35(41)21-29-39(50)30(40(29)51)22-36-42(3,4)32-20-28(63(57,58)59)15-17-34(32)47(36)23-38(49)45-61(5,52)53/h10-17,19-22H,6-9,18,23H2,1-5H3,(H4-,44,45,48,49,50,51,54,55,56,57,58,59)/p-2. The molecule has 6 rings (SSSR count). The lowest BCUT2D eigenvalue weighted by Gasteiger charge is -2.33. The second-order valence-corrected chi connectivity index (χ2v) is 20.9. The Morgan fingerprint density at radius 3 is 2.05 bits per heavy atom. The van der Waals surface area contributed by atoms with Crippen molar-refractivity contribution in [2.75, 3.05) is 29.6 Å². The average molecular weight is 936 g/mol. The molecule has 3 aromatic carbocycles. The van der Waals surface area contributed by atoms with Gasteiger partial charge in [-0.05, 0) is 105 Å². The van der Waals surface area contributed by atoms with Crippen molar-refractivity contribution >= 4 is 93.7 Å². The number of carbonyl (C=O) groups excluding carboxylic acids is 3. The van der Waals surface area contributed by atoms with Crippen LogP contribution >= 0.6 is 12.2 Å². The molecule has 2 heterocycles. The molecule has 332 valence electrons. The van der Waals surface area contributed by atoms with E-state index < -0.39 is 74.9 Å². The Morgan fingerprint density at radius 2 is 1.46 bits per heavy atom. The van der Waals surface area contributed by atoms with Crippen LogP contribution in [0.1, 0.15) is 64.5 Å². The van der Waals surface area contributed by atoms with E-state index in [9.17, 15) is 53.8 Å². The minimum absolute atomic E-state index is 0.162. The first-order valence-corrected chi connectivity index (χ1v) is 24.4. The zero-order valence-corrected chi connectivity index (χ0v) is 37.8. The number of isothiocyanates is 1. The molecule has 3 aliphatic rings. The third kappa shape index (κ3) is 9.79. The third-order valence-corrected chi connectivity index (χ3v) is 13.4. The number of fused-ring (bicyclic) bond motifs is 2. The molecular weight excluding hydrogens is 895 g/mol. The maximum Gasteiger partial charge on any atom is 0.299 e. The number of nitrogens with zero attached hydrogens (tertiary/aromatic N) is 3. The lowest BCUT2D eigenvalue weighted by atomic mass is 9.77. The summed E-state index contributed by atoms with van der Waals surface area (Å²) < 4.78 is 99.0. The normalized spacial score (nSPS) is 18.0. The summed E-state index contributed by atoms with van der Waals surface area (Å²) in [7, 11) is -13.8. The number of benzene rings is 3. The number of hydrogen-bond acceptors (Lipinski definition) is 15. The van der Waals surface area contributed by atoms with Crippen LogP contribution in [0.4, 0.5) is 22.7 Å². The molecule has 63 heavy (non-hydrogen) atoms. The molecule has 2 amide bonds. The fraction of sp³-hybridized carbons (Fsp3) is 0.310. The zero-order valence-electron chi connectivity index (χ0n) is 34.5. The van der Waals surface area contributed by atoms with Crippen LogP contribution < -0.4 is 20.0 Å². The van der Waals surface area contributed by atoms with E-state index >= 15 is 0 Å². The maximum atomic E-state index is 14.0. The van der Waals surface area contributed by atoms with Gasteiger partial charge in [-0.3, -0.25) is 14.4 Å². The van der Waals surface area contributed by atoms with E-state index in [-0.39, 0.29) is 40.4 Å².